The summed E-state index contributed by atoms with van der Waals surface area (Å²) in [5, 5.41) is 22.0. The molecule has 2 aromatic carbocycles. The minimum absolute atomic E-state index is 0. The molecule has 2 rings (SSSR count). The standard InChI is InChI=1S/C14H10O5S.Ni/c15-13(16)9-5-1-3-7-11(9)20(19)12-8-4-2-6-10(12)14(17)18;/h1-8H,(H,15,16)(H,17,18);/q;+2/p-2. The van der Waals surface area contributed by atoms with Crippen LogP contribution in [0.1, 0.15) is 20.7 Å². The van der Waals surface area contributed by atoms with Gasteiger partial charge in [0.25, 0.3) is 0 Å². The van der Waals surface area contributed by atoms with Crippen molar-refractivity contribution >= 4 is 22.7 Å². The SMILES string of the molecule is O=C([O-])c1ccccc1S(=O)c1ccccc1C(=O)[O-].[Ni+2]. The van der Waals surface area contributed by atoms with Gasteiger partial charge in [0.05, 0.1) is 32.5 Å². The molecular weight excluding hydrogens is 339 g/mol. The van der Waals surface area contributed by atoms with E-state index in [1.807, 2.05) is 0 Å². The molecule has 0 aromatic heterocycles. The van der Waals surface area contributed by atoms with Crippen LogP contribution >= 0.6 is 0 Å². The van der Waals surface area contributed by atoms with Crippen molar-refractivity contribution < 1.29 is 40.5 Å². The van der Waals surface area contributed by atoms with Crippen LogP contribution in [-0.4, -0.2) is 16.1 Å². The quantitative estimate of drug-likeness (QED) is 0.700. The average Bonchev–Trinajstić information content (AvgIpc) is 2.46. The van der Waals surface area contributed by atoms with Gasteiger partial charge in [0, 0.05) is 11.1 Å². The van der Waals surface area contributed by atoms with Crippen molar-refractivity contribution in [2.75, 3.05) is 0 Å². The molecule has 0 N–H and O–H groups in total. The van der Waals surface area contributed by atoms with Gasteiger partial charge < -0.3 is 19.8 Å². The molecule has 0 heterocycles. The third kappa shape index (κ3) is 3.57. The zero-order chi connectivity index (χ0) is 14.7. The molecule has 0 atom stereocenters. The summed E-state index contributed by atoms with van der Waals surface area (Å²) in [6.07, 6.45) is 0. The minimum atomic E-state index is -1.95. The molecule has 0 aliphatic rings. The van der Waals surface area contributed by atoms with Gasteiger partial charge in [-0.2, -0.15) is 0 Å². The normalized spacial score (nSPS) is 9.95. The Kier molecular flexibility index (Phi) is 5.82. The van der Waals surface area contributed by atoms with E-state index in [-0.39, 0.29) is 37.4 Å². The summed E-state index contributed by atoms with van der Waals surface area (Å²) >= 11 is 0. The summed E-state index contributed by atoms with van der Waals surface area (Å²) in [6, 6.07) is 11.2. The first-order valence-corrected chi connectivity index (χ1v) is 6.70. The Balaban J connectivity index is 0.00000220. The van der Waals surface area contributed by atoms with E-state index in [0.717, 1.165) is 0 Å². The number of rotatable bonds is 4. The van der Waals surface area contributed by atoms with Crippen LogP contribution in [0.4, 0.5) is 0 Å². The molecule has 0 saturated heterocycles. The second-order valence-corrected chi connectivity index (χ2v) is 5.25. The Morgan fingerprint density at radius 3 is 1.43 bits per heavy atom. The largest absolute Gasteiger partial charge is 2.00 e. The maximum absolute atomic E-state index is 12.4. The Bertz CT molecular complexity index is 655. The molecule has 0 saturated carbocycles. The van der Waals surface area contributed by atoms with Crippen molar-refractivity contribution in [3.8, 4) is 0 Å². The third-order valence-electron chi connectivity index (χ3n) is 2.61. The number of carboxylic acid groups (broad SMARTS) is 2. The van der Waals surface area contributed by atoms with E-state index in [9.17, 15) is 24.0 Å². The number of benzene rings is 2. The van der Waals surface area contributed by atoms with Crippen LogP contribution in [0.5, 0.6) is 0 Å². The van der Waals surface area contributed by atoms with Crippen molar-refractivity contribution in [1.82, 2.24) is 0 Å². The van der Waals surface area contributed by atoms with Crippen LogP contribution in [0.15, 0.2) is 58.3 Å². The van der Waals surface area contributed by atoms with E-state index in [2.05, 4.69) is 0 Å². The summed E-state index contributed by atoms with van der Waals surface area (Å²) in [7, 11) is -1.95. The molecule has 0 fully saturated rings. The number of hydrogen-bond acceptors (Lipinski definition) is 5. The Morgan fingerprint density at radius 2 is 1.10 bits per heavy atom. The fourth-order valence-electron chi connectivity index (χ4n) is 1.71. The van der Waals surface area contributed by atoms with Crippen molar-refractivity contribution in [2.45, 2.75) is 9.79 Å². The van der Waals surface area contributed by atoms with Gasteiger partial charge in [-0.3, -0.25) is 0 Å². The molecule has 2 aromatic rings. The predicted octanol–water partition coefficient (Wildman–Crippen LogP) is -0.422. The molecule has 21 heavy (non-hydrogen) atoms. The van der Waals surface area contributed by atoms with Gasteiger partial charge in [0.15, 0.2) is 0 Å². The number of hydrogen-bond donors (Lipinski definition) is 0. The molecule has 0 spiro atoms. The Morgan fingerprint density at radius 1 is 0.762 bits per heavy atom. The van der Waals surface area contributed by atoms with E-state index in [4.69, 9.17) is 0 Å². The van der Waals surface area contributed by atoms with Gasteiger partial charge in [-0.1, -0.05) is 36.4 Å². The molecule has 0 amide bonds. The second kappa shape index (κ2) is 7.15. The van der Waals surface area contributed by atoms with Crippen LogP contribution < -0.4 is 10.2 Å². The molecular formula is C14H8NiO5S. The van der Waals surface area contributed by atoms with Crippen molar-refractivity contribution in [3.63, 3.8) is 0 Å². The summed E-state index contributed by atoms with van der Waals surface area (Å²) in [5.74, 6) is -2.94. The smallest absolute Gasteiger partial charge is 0.545 e. The van der Waals surface area contributed by atoms with Crippen LogP contribution in [0.3, 0.4) is 0 Å². The molecule has 0 aliphatic heterocycles. The van der Waals surface area contributed by atoms with E-state index in [0.29, 0.717) is 0 Å². The topological polar surface area (TPSA) is 97.3 Å². The first kappa shape index (κ1) is 17.1. The van der Waals surface area contributed by atoms with Crippen molar-refractivity contribution in [1.29, 1.82) is 0 Å². The van der Waals surface area contributed by atoms with Crippen molar-refractivity contribution in [3.05, 3.63) is 59.7 Å². The predicted molar refractivity (Wildman–Crippen MR) is 66.2 cm³/mol. The molecule has 0 aliphatic carbocycles. The average molecular weight is 347 g/mol. The molecule has 110 valence electrons. The fourth-order valence-corrected chi connectivity index (χ4v) is 3.06. The Hall–Kier alpha value is -1.98. The number of carbonyl (C=O) groups is 2. The van der Waals surface area contributed by atoms with Gasteiger partial charge in [0.2, 0.25) is 0 Å². The summed E-state index contributed by atoms with van der Waals surface area (Å²) < 4.78 is 12.4. The second-order valence-electron chi connectivity index (χ2n) is 3.84. The monoisotopic (exact) mass is 346 g/mol. The summed E-state index contributed by atoms with van der Waals surface area (Å²) in [6.45, 7) is 0. The molecule has 0 radical (unpaired) electrons. The number of aromatic carboxylic acids is 2. The van der Waals surface area contributed by atoms with Gasteiger partial charge >= 0.3 is 16.5 Å². The first-order valence-electron chi connectivity index (χ1n) is 5.55. The molecule has 7 heteroatoms. The van der Waals surface area contributed by atoms with Gasteiger partial charge in [-0.05, 0) is 12.1 Å². The van der Waals surface area contributed by atoms with Gasteiger partial charge in [-0.15, -0.1) is 0 Å². The maximum atomic E-state index is 12.4. The van der Waals surface area contributed by atoms with Gasteiger partial charge in [0.1, 0.15) is 0 Å². The zero-order valence-corrected chi connectivity index (χ0v) is 12.2. The van der Waals surface area contributed by atoms with Gasteiger partial charge in [-0.25, -0.2) is 4.21 Å². The van der Waals surface area contributed by atoms with Crippen LogP contribution in [0, 0.1) is 0 Å². The van der Waals surface area contributed by atoms with E-state index < -0.39 is 22.7 Å². The number of carbonyl (C=O) groups excluding carboxylic acids is 2. The summed E-state index contributed by atoms with van der Waals surface area (Å²) in [4.78, 5) is 22.0. The maximum Gasteiger partial charge on any atom is 2.00 e. The fraction of sp³-hybridized carbons (Fsp3) is 0. The third-order valence-corrected chi connectivity index (χ3v) is 4.12. The first-order chi connectivity index (χ1) is 9.52. The molecule has 5 nitrogen and oxygen atoms in total. The van der Waals surface area contributed by atoms with E-state index in [1.165, 1.54) is 48.5 Å². The van der Waals surface area contributed by atoms with Crippen LogP contribution in [0.2, 0.25) is 0 Å². The van der Waals surface area contributed by atoms with E-state index >= 15 is 0 Å². The molecule has 0 bridgehead atoms. The van der Waals surface area contributed by atoms with Crippen LogP contribution in [-0.2, 0) is 27.3 Å². The number of carboxylic acids is 2. The minimum Gasteiger partial charge on any atom is -0.545 e. The Labute approximate surface area is 133 Å². The van der Waals surface area contributed by atoms with E-state index in [1.54, 1.807) is 0 Å². The molecule has 0 unspecified atom stereocenters. The summed E-state index contributed by atoms with van der Waals surface area (Å²) in [5.41, 5.74) is -0.474. The van der Waals surface area contributed by atoms with Crippen molar-refractivity contribution in [2.24, 2.45) is 0 Å². The zero-order valence-electron chi connectivity index (χ0n) is 10.4. The van der Waals surface area contributed by atoms with Crippen LogP contribution in [0.25, 0.3) is 0 Å².